The van der Waals surface area contributed by atoms with E-state index in [9.17, 15) is 4.79 Å². The van der Waals surface area contributed by atoms with Gasteiger partial charge in [-0.05, 0) is 44.5 Å². The number of rotatable bonds is 2. The van der Waals surface area contributed by atoms with Crippen molar-refractivity contribution in [1.29, 1.82) is 0 Å². The number of hydrogen-bond donors (Lipinski definition) is 0. The Morgan fingerprint density at radius 2 is 2.16 bits per heavy atom. The number of benzene rings is 1. The molecule has 3 nitrogen and oxygen atoms in total. The zero-order chi connectivity index (χ0) is 13.4. The van der Waals surface area contributed by atoms with Crippen molar-refractivity contribution in [3.05, 3.63) is 28.2 Å². The zero-order valence-electron chi connectivity index (χ0n) is 11.2. The molecular weight excluding hydrogens is 304 g/mol. The second-order valence-electron chi connectivity index (χ2n) is 5.50. The van der Waals surface area contributed by atoms with Crippen LogP contribution in [0.2, 0.25) is 0 Å². The van der Waals surface area contributed by atoms with Gasteiger partial charge < -0.3 is 4.90 Å². The van der Waals surface area contributed by atoms with Crippen LogP contribution in [0.15, 0.2) is 22.7 Å². The fourth-order valence-corrected chi connectivity index (χ4v) is 3.62. The summed E-state index contributed by atoms with van der Waals surface area (Å²) in [6.45, 7) is 6.09. The maximum atomic E-state index is 11.8. The van der Waals surface area contributed by atoms with E-state index >= 15 is 0 Å². The van der Waals surface area contributed by atoms with Crippen LogP contribution < -0.4 is 4.90 Å². The van der Waals surface area contributed by atoms with E-state index in [0.717, 1.165) is 35.4 Å². The summed E-state index contributed by atoms with van der Waals surface area (Å²) < 4.78 is 1.04. The molecule has 1 aromatic rings. The minimum absolute atomic E-state index is 0.149. The monoisotopic (exact) mass is 322 g/mol. The van der Waals surface area contributed by atoms with Gasteiger partial charge in [0.15, 0.2) is 5.78 Å². The number of nitrogens with zero attached hydrogens (tertiary/aromatic N) is 2. The lowest BCUT2D eigenvalue weighted by atomic mass is 10.1. The van der Waals surface area contributed by atoms with E-state index in [4.69, 9.17) is 0 Å². The number of Topliss-reactive ketones (excluding diaryl/α,β-unsaturated/α-hetero) is 1. The van der Waals surface area contributed by atoms with Crippen LogP contribution in [0.5, 0.6) is 0 Å². The van der Waals surface area contributed by atoms with Gasteiger partial charge in [0, 0.05) is 41.4 Å². The average Bonchev–Trinajstić information content (AvgIpc) is 2.85. The van der Waals surface area contributed by atoms with Gasteiger partial charge in [0.05, 0.1) is 0 Å². The third kappa shape index (κ3) is 2.56. The molecule has 0 saturated carbocycles. The Labute approximate surface area is 122 Å². The van der Waals surface area contributed by atoms with E-state index in [-0.39, 0.29) is 5.78 Å². The SMILES string of the molecule is CC(=O)c1ccc(Br)cc1N1CCN2CCCC2C1. The minimum Gasteiger partial charge on any atom is -0.368 e. The fraction of sp³-hybridized carbons (Fsp3) is 0.533. The van der Waals surface area contributed by atoms with E-state index in [2.05, 4.69) is 31.8 Å². The van der Waals surface area contributed by atoms with Crippen LogP contribution in [0, 0.1) is 0 Å². The largest absolute Gasteiger partial charge is 0.368 e. The Morgan fingerprint density at radius 1 is 1.32 bits per heavy atom. The Kier molecular flexibility index (Phi) is 3.63. The number of piperazine rings is 1. The van der Waals surface area contributed by atoms with Gasteiger partial charge in [-0.3, -0.25) is 9.69 Å². The van der Waals surface area contributed by atoms with Gasteiger partial charge >= 0.3 is 0 Å². The number of ketones is 1. The molecule has 3 rings (SSSR count). The highest BCUT2D eigenvalue weighted by Gasteiger charge is 2.31. The van der Waals surface area contributed by atoms with Gasteiger partial charge in [0.1, 0.15) is 0 Å². The molecule has 2 heterocycles. The Balaban J connectivity index is 1.89. The molecule has 1 aromatic carbocycles. The summed E-state index contributed by atoms with van der Waals surface area (Å²) in [6, 6.07) is 6.64. The van der Waals surface area contributed by atoms with Crippen molar-refractivity contribution >= 4 is 27.4 Å². The predicted octanol–water partition coefficient (Wildman–Crippen LogP) is 2.94. The summed E-state index contributed by atoms with van der Waals surface area (Å²) in [5.41, 5.74) is 1.93. The van der Waals surface area contributed by atoms with E-state index in [1.165, 1.54) is 19.4 Å². The maximum Gasteiger partial charge on any atom is 0.161 e. The second kappa shape index (κ2) is 5.25. The van der Waals surface area contributed by atoms with Crippen molar-refractivity contribution in [3.8, 4) is 0 Å². The summed E-state index contributed by atoms with van der Waals surface area (Å²) in [5.74, 6) is 0.149. The van der Waals surface area contributed by atoms with Crippen molar-refractivity contribution in [3.63, 3.8) is 0 Å². The molecule has 2 aliphatic rings. The zero-order valence-corrected chi connectivity index (χ0v) is 12.8. The molecule has 19 heavy (non-hydrogen) atoms. The number of carbonyl (C=O) groups excluding carboxylic acids is 1. The maximum absolute atomic E-state index is 11.8. The normalized spacial score (nSPS) is 23.5. The first-order valence-electron chi connectivity index (χ1n) is 6.94. The first kappa shape index (κ1) is 13.1. The lowest BCUT2D eigenvalue weighted by Crippen LogP contribution is -2.50. The highest BCUT2D eigenvalue weighted by atomic mass is 79.9. The summed E-state index contributed by atoms with van der Waals surface area (Å²) in [5, 5.41) is 0. The third-order valence-corrected chi connectivity index (χ3v) is 4.76. The molecule has 1 atom stereocenters. The summed E-state index contributed by atoms with van der Waals surface area (Å²) in [7, 11) is 0. The molecule has 2 saturated heterocycles. The molecule has 2 aliphatic heterocycles. The Morgan fingerprint density at radius 3 is 2.95 bits per heavy atom. The smallest absolute Gasteiger partial charge is 0.161 e. The van der Waals surface area contributed by atoms with Crippen LogP contribution in [0.4, 0.5) is 5.69 Å². The molecular formula is C15H19BrN2O. The number of halogens is 1. The quantitative estimate of drug-likeness (QED) is 0.782. The number of anilines is 1. The van der Waals surface area contributed by atoms with Crippen LogP contribution >= 0.6 is 15.9 Å². The summed E-state index contributed by atoms with van der Waals surface area (Å²) in [6.07, 6.45) is 2.61. The van der Waals surface area contributed by atoms with Gasteiger partial charge in [-0.2, -0.15) is 0 Å². The fourth-order valence-electron chi connectivity index (χ4n) is 3.27. The van der Waals surface area contributed by atoms with Crippen LogP contribution in [0.25, 0.3) is 0 Å². The molecule has 0 aromatic heterocycles. The summed E-state index contributed by atoms with van der Waals surface area (Å²) in [4.78, 5) is 16.8. The molecule has 4 heteroatoms. The number of hydrogen-bond acceptors (Lipinski definition) is 3. The number of fused-ring (bicyclic) bond motifs is 1. The Bertz CT molecular complexity index is 503. The second-order valence-corrected chi connectivity index (χ2v) is 6.41. The first-order valence-corrected chi connectivity index (χ1v) is 7.74. The molecule has 2 fully saturated rings. The minimum atomic E-state index is 0.149. The standard InChI is InChI=1S/C15H19BrN2O/c1-11(19)14-5-4-12(16)9-15(14)18-8-7-17-6-2-3-13(17)10-18/h4-5,9,13H,2-3,6-8,10H2,1H3. The highest BCUT2D eigenvalue weighted by molar-refractivity contribution is 9.10. The molecule has 1 unspecified atom stereocenters. The Hall–Kier alpha value is -0.870. The van der Waals surface area contributed by atoms with Crippen molar-refractivity contribution in [2.24, 2.45) is 0 Å². The lowest BCUT2D eigenvalue weighted by Gasteiger charge is -2.39. The van der Waals surface area contributed by atoms with Crippen molar-refractivity contribution in [2.75, 3.05) is 31.1 Å². The van der Waals surface area contributed by atoms with Gasteiger partial charge in [-0.1, -0.05) is 15.9 Å². The van der Waals surface area contributed by atoms with Gasteiger partial charge in [-0.15, -0.1) is 0 Å². The third-order valence-electron chi connectivity index (χ3n) is 4.27. The van der Waals surface area contributed by atoms with Crippen LogP contribution in [-0.4, -0.2) is 42.9 Å². The van der Waals surface area contributed by atoms with Crippen LogP contribution in [0.1, 0.15) is 30.1 Å². The molecule has 0 spiro atoms. The molecule has 0 amide bonds. The topological polar surface area (TPSA) is 23.6 Å². The van der Waals surface area contributed by atoms with Gasteiger partial charge in [0.2, 0.25) is 0 Å². The van der Waals surface area contributed by atoms with E-state index < -0.39 is 0 Å². The predicted molar refractivity (Wildman–Crippen MR) is 81.0 cm³/mol. The van der Waals surface area contributed by atoms with Crippen molar-refractivity contribution < 1.29 is 4.79 Å². The summed E-state index contributed by atoms with van der Waals surface area (Å²) >= 11 is 3.52. The van der Waals surface area contributed by atoms with E-state index in [1.807, 2.05) is 12.1 Å². The average molecular weight is 323 g/mol. The van der Waals surface area contributed by atoms with Gasteiger partial charge in [0.25, 0.3) is 0 Å². The van der Waals surface area contributed by atoms with Crippen LogP contribution in [0.3, 0.4) is 0 Å². The van der Waals surface area contributed by atoms with E-state index in [1.54, 1.807) is 6.92 Å². The molecule has 0 radical (unpaired) electrons. The first-order chi connectivity index (χ1) is 9.15. The number of carbonyl (C=O) groups is 1. The molecule has 0 aliphatic carbocycles. The highest BCUT2D eigenvalue weighted by Crippen LogP contribution is 2.30. The molecule has 0 N–H and O–H groups in total. The molecule has 102 valence electrons. The van der Waals surface area contributed by atoms with Gasteiger partial charge in [-0.25, -0.2) is 0 Å². The molecule has 0 bridgehead atoms. The van der Waals surface area contributed by atoms with Crippen molar-refractivity contribution in [1.82, 2.24) is 4.90 Å². The van der Waals surface area contributed by atoms with Crippen LogP contribution in [-0.2, 0) is 0 Å². The van der Waals surface area contributed by atoms with E-state index in [0.29, 0.717) is 6.04 Å². The van der Waals surface area contributed by atoms with Crippen molar-refractivity contribution in [2.45, 2.75) is 25.8 Å². The lowest BCUT2D eigenvalue weighted by molar-refractivity contribution is 0.101.